The van der Waals surface area contributed by atoms with Crippen molar-refractivity contribution in [3.63, 3.8) is 0 Å². The average molecular weight is 269 g/mol. The molecule has 1 aromatic heterocycles. The summed E-state index contributed by atoms with van der Waals surface area (Å²) in [5.74, 6) is -0.253. The Hall–Kier alpha value is -0.870. The third-order valence-electron chi connectivity index (χ3n) is 3.40. The lowest BCUT2D eigenvalue weighted by Gasteiger charge is -2.34. The molecule has 1 rings (SSSR count). The van der Waals surface area contributed by atoms with Gasteiger partial charge in [-0.15, -0.1) is 11.3 Å². The number of hydrogen-bond acceptors (Lipinski definition) is 4. The summed E-state index contributed by atoms with van der Waals surface area (Å²) in [4.78, 5) is 15.3. The smallest absolute Gasteiger partial charge is 0.309 e. The van der Waals surface area contributed by atoms with Gasteiger partial charge >= 0.3 is 5.97 Å². The van der Waals surface area contributed by atoms with Crippen LogP contribution in [-0.4, -0.2) is 30.1 Å². The summed E-state index contributed by atoms with van der Waals surface area (Å²) < 4.78 is 4.84. The number of carbonyl (C=O) groups excluding carboxylic acids is 1. The molecule has 2 atom stereocenters. The molecule has 0 aromatic carbocycles. The predicted octanol–water partition coefficient (Wildman–Crippen LogP) is 3.16. The number of nitrogens with zero attached hydrogens (tertiary/aromatic N) is 1. The lowest BCUT2D eigenvalue weighted by Crippen LogP contribution is -2.44. The highest BCUT2D eigenvalue weighted by molar-refractivity contribution is 7.09. The number of esters is 1. The van der Waals surface area contributed by atoms with Crippen LogP contribution in [-0.2, 0) is 16.1 Å². The summed E-state index contributed by atoms with van der Waals surface area (Å²) in [6.45, 7) is 9.23. The summed E-state index contributed by atoms with van der Waals surface area (Å²) >= 11 is 1.75. The maximum absolute atomic E-state index is 11.6. The molecule has 0 amide bonds. The van der Waals surface area contributed by atoms with Gasteiger partial charge in [-0.1, -0.05) is 13.0 Å². The SMILES string of the molecule is COC(=O)C(C)C(C)N(Cc1cccs1)C(C)C. The molecule has 102 valence electrons. The fourth-order valence-corrected chi connectivity index (χ4v) is 2.76. The molecule has 2 unspecified atom stereocenters. The molecule has 4 heteroatoms. The summed E-state index contributed by atoms with van der Waals surface area (Å²) in [7, 11) is 1.45. The highest BCUT2D eigenvalue weighted by atomic mass is 32.1. The highest BCUT2D eigenvalue weighted by Crippen LogP contribution is 2.20. The molecule has 18 heavy (non-hydrogen) atoms. The van der Waals surface area contributed by atoms with Crippen LogP contribution in [0.5, 0.6) is 0 Å². The van der Waals surface area contributed by atoms with Crippen molar-refractivity contribution in [1.82, 2.24) is 4.90 Å². The minimum atomic E-state index is -0.140. The Bertz CT molecular complexity index is 362. The average Bonchev–Trinajstić information content (AvgIpc) is 2.85. The van der Waals surface area contributed by atoms with Gasteiger partial charge in [-0.05, 0) is 32.2 Å². The molecule has 0 radical (unpaired) electrons. The third-order valence-corrected chi connectivity index (χ3v) is 4.26. The van der Waals surface area contributed by atoms with E-state index in [0.717, 1.165) is 6.54 Å². The van der Waals surface area contributed by atoms with Gasteiger partial charge in [0.15, 0.2) is 0 Å². The second kappa shape index (κ2) is 6.90. The minimum Gasteiger partial charge on any atom is -0.469 e. The van der Waals surface area contributed by atoms with Gasteiger partial charge in [-0.3, -0.25) is 9.69 Å². The van der Waals surface area contributed by atoms with Gasteiger partial charge in [0.2, 0.25) is 0 Å². The molecule has 0 fully saturated rings. The number of rotatable bonds is 6. The summed E-state index contributed by atoms with van der Waals surface area (Å²) in [6.07, 6.45) is 0. The van der Waals surface area contributed by atoms with Gasteiger partial charge in [0, 0.05) is 23.5 Å². The van der Waals surface area contributed by atoms with Crippen LogP contribution in [0, 0.1) is 5.92 Å². The molecule has 0 bridgehead atoms. The first-order chi connectivity index (χ1) is 8.47. The van der Waals surface area contributed by atoms with E-state index in [0.29, 0.717) is 6.04 Å². The van der Waals surface area contributed by atoms with Gasteiger partial charge < -0.3 is 4.74 Å². The maximum atomic E-state index is 11.6. The van der Waals surface area contributed by atoms with Crippen LogP contribution >= 0.6 is 11.3 Å². The van der Waals surface area contributed by atoms with E-state index in [9.17, 15) is 4.79 Å². The van der Waals surface area contributed by atoms with E-state index in [4.69, 9.17) is 4.74 Å². The number of thiophene rings is 1. The lowest BCUT2D eigenvalue weighted by molar-refractivity contribution is -0.147. The van der Waals surface area contributed by atoms with Crippen molar-refractivity contribution >= 4 is 17.3 Å². The zero-order valence-electron chi connectivity index (χ0n) is 11.8. The zero-order valence-corrected chi connectivity index (χ0v) is 12.7. The Balaban J connectivity index is 2.75. The lowest BCUT2D eigenvalue weighted by atomic mass is 10.0. The van der Waals surface area contributed by atoms with Crippen LogP contribution in [0.3, 0.4) is 0 Å². The summed E-state index contributed by atoms with van der Waals surface area (Å²) in [5.41, 5.74) is 0. The van der Waals surface area contributed by atoms with Gasteiger partial charge in [0.05, 0.1) is 13.0 Å². The molecule has 0 saturated heterocycles. The molecule has 0 spiro atoms. The highest BCUT2D eigenvalue weighted by Gasteiger charge is 2.28. The van der Waals surface area contributed by atoms with E-state index < -0.39 is 0 Å². The minimum absolute atomic E-state index is 0.114. The van der Waals surface area contributed by atoms with E-state index in [1.807, 2.05) is 6.92 Å². The van der Waals surface area contributed by atoms with Crippen molar-refractivity contribution in [2.24, 2.45) is 5.92 Å². The van der Waals surface area contributed by atoms with E-state index in [-0.39, 0.29) is 17.9 Å². The topological polar surface area (TPSA) is 29.5 Å². The number of ether oxygens (including phenoxy) is 1. The Labute approximate surface area is 114 Å². The molecule has 1 aromatic rings. The van der Waals surface area contributed by atoms with Gasteiger partial charge in [0.1, 0.15) is 0 Å². The van der Waals surface area contributed by atoms with Crippen LogP contribution in [0.2, 0.25) is 0 Å². The van der Waals surface area contributed by atoms with Crippen molar-refractivity contribution in [3.05, 3.63) is 22.4 Å². The van der Waals surface area contributed by atoms with Crippen molar-refractivity contribution in [2.75, 3.05) is 7.11 Å². The second-order valence-corrected chi connectivity index (χ2v) is 5.93. The van der Waals surface area contributed by atoms with Crippen LogP contribution in [0.25, 0.3) is 0 Å². The quantitative estimate of drug-likeness (QED) is 0.743. The van der Waals surface area contributed by atoms with E-state index in [1.54, 1.807) is 11.3 Å². The number of hydrogen-bond donors (Lipinski definition) is 0. The molecular formula is C14H23NO2S. The molecule has 1 heterocycles. The van der Waals surface area contributed by atoms with E-state index in [1.165, 1.54) is 12.0 Å². The normalized spacial score (nSPS) is 14.8. The first-order valence-electron chi connectivity index (χ1n) is 6.33. The zero-order chi connectivity index (χ0) is 13.7. The standard InChI is InChI=1S/C14H23NO2S/c1-10(2)15(9-13-7-6-8-18-13)12(4)11(3)14(16)17-5/h6-8,10-12H,9H2,1-5H3. The van der Waals surface area contributed by atoms with Crippen molar-refractivity contribution < 1.29 is 9.53 Å². The Morgan fingerprint density at radius 2 is 2.06 bits per heavy atom. The molecular weight excluding hydrogens is 246 g/mol. The van der Waals surface area contributed by atoms with Crippen LogP contribution in [0.4, 0.5) is 0 Å². The Morgan fingerprint density at radius 3 is 2.50 bits per heavy atom. The number of carbonyl (C=O) groups is 1. The monoisotopic (exact) mass is 269 g/mol. The molecule has 0 N–H and O–H groups in total. The first kappa shape index (κ1) is 15.2. The maximum Gasteiger partial charge on any atom is 0.309 e. The van der Waals surface area contributed by atoms with Crippen molar-refractivity contribution in [2.45, 2.75) is 46.3 Å². The molecule has 0 aliphatic carbocycles. The fourth-order valence-electron chi connectivity index (χ4n) is 2.05. The van der Waals surface area contributed by atoms with Crippen molar-refractivity contribution in [1.29, 1.82) is 0 Å². The fraction of sp³-hybridized carbons (Fsp3) is 0.643. The molecule has 0 aliphatic rings. The summed E-state index contributed by atoms with van der Waals surface area (Å²) in [5, 5.41) is 2.09. The third kappa shape index (κ3) is 3.82. The van der Waals surface area contributed by atoms with Crippen LogP contribution < -0.4 is 0 Å². The van der Waals surface area contributed by atoms with Crippen molar-refractivity contribution in [3.8, 4) is 0 Å². The van der Waals surface area contributed by atoms with Crippen LogP contribution in [0.1, 0.15) is 32.6 Å². The predicted molar refractivity (Wildman–Crippen MR) is 75.6 cm³/mol. The molecule has 0 saturated carbocycles. The van der Waals surface area contributed by atoms with Gasteiger partial charge in [-0.25, -0.2) is 0 Å². The van der Waals surface area contributed by atoms with Crippen LogP contribution in [0.15, 0.2) is 17.5 Å². The second-order valence-electron chi connectivity index (χ2n) is 4.90. The summed E-state index contributed by atoms with van der Waals surface area (Å²) in [6, 6.07) is 4.76. The molecule has 3 nitrogen and oxygen atoms in total. The molecule has 0 aliphatic heterocycles. The van der Waals surface area contributed by atoms with Gasteiger partial charge in [-0.2, -0.15) is 0 Å². The van der Waals surface area contributed by atoms with E-state index in [2.05, 4.69) is 43.2 Å². The Kier molecular flexibility index (Phi) is 5.82. The number of methoxy groups -OCH3 is 1. The Morgan fingerprint density at radius 1 is 1.39 bits per heavy atom. The van der Waals surface area contributed by atoms with Gasteiger partial charge in [0.25, 0.3) is 0 Å². The van der Waals surface area contributed by atoms with E-state index >= 15 is 0 Å². The largest absolute Gasteiger partial charge is 0.469 e. The first-order valence-corrected chi connectivity index (χ1v) is 7.21.